The lowest BCUT2D eigenvalue weighted by Crippen LogP contribution is -2.48. The summed E-state index contributed by atoms with van der Waals surface area (Å²) < 4.78 is 0. The van der Waals surface area contributed by atoms with E-state index in [4.69, 9.17) is 0 Å². The first-order chi connectivity index (χ1) is 8.72. The van der Waals surface area contributed by atoms with Crippen molar-refractivity contribution < 1.29 is 4.79 Å². The van der Waals surface area contributed by atoms with E-state index in [1.54, 1.807) is 0 Å². The van der Waals surface area contributed by atoms with Crippen LogP contribution in [0.15, 0.2) is 0 Å². The van der Waals surface area contributed by atoms with E-state index in [9.17, 15) is 10.1 Å². The summed E-state index contributed by atoms with van der Waals surface area (Å²) in [6.07, 6.45) is 8.27. The first-order valence-corrected chi connectivity index (χ1v) is 7.42. The number of hydrogen-bond donors (Lipinski definition) is 0. The van der Waals surface area contributed by atoms with Crippen molar-refractivity contribution in [1.29, 1.82) is 5.26 Å². The lowest BCUT2D eigenvalue weighted by molar-refractivity contribution is -0.142. The summed E-state index contributed by atoms with van der Waals surface area (Å²) in [4.78, 5) is 14.6. The number of hydrogen-bond acceptors (Lipinski definition) is 2. The Hall–Kier alpha value is -1.04. The molecule has 1 heterocycles. The van der Waals surface area contributed by atoms with Gasteiger partial charge in [0.15, 0.2) is 0 Å². The van der Waals surface area contributed by atoms with Crippen LogP contribution in [0.2, 0.25) is 0 Å². The van der Waals surface area contributed by atoms with Gasteiger partial charge in [0.2, 0.25) is 5.91 Å². The quantitative estimate of drug-likeness (QED) is 0.753. The molecular weight excluding hydrogens is 224 g/mol. The van der Waals surface area contributed by atoms with Crippen LogP contribution in [0, 0.1) is 22.7 Å². The van der Waals surface area contributed by atoms with Gasteiger partial charge in [-0.1, -0.05) is 32.6 Å². The summed E-state index contributed by atoms with van der Waals surface area (Å²) in [7, 11) is 0. The Balaban J connectivity index is 2.07. The molecule has 0 aromatic rings. The van der Waals surface area contributed by atoms with Gasteiger partial charge in [0.1, 0.15) is 5.41 Å². The van der Waals surface area contributed by atoms with Crippen molar-refractivity contribution in [2.75, 3.05) is 13.1 Å². The van der Waals surface area contributed by atoms with Crippen LogP contribution < -0.4 is 0 Å². The van der Waals surface area contributed by atoms with E-state index in [-0.39, 0.29) is 5.91 Å². The zero-order valence-electron chi connectivity index (χ0n) is 11.5. The minimum atomic E-state index is -0.687. The van der Waals surface area contributed by atoms with Gasteiger partial charge in [0.05, 0.1) is 6.07 Å². The third-order valence-electron chi connectivity index (χ3n) is 4.71. The van der Waals surface area contributed by atoms with Gasteiger partial charge in [-0.2, -0.15) is 5.26 Å². The highest BCUT2D eigenvalue weighted by atomic mass is 16.2. The Labute approximate surface area is 110 Å². The molecule has 3 nitrogen and oxygen atoms in total. The van der Waals surface area contributed by atoms with Crippen molar-refractivity contribution in [3.63, 3.8) is 0 Å². The number of nitrogens with zero attached hydrogens (tertiary/aromatic N) is 2. The molecule has 1 aliphatic heterocycles. The summed E-state index contributed by atoms with van der Waals surface area (Å²) >= 11 is 0. The number of nitriles is 1. The maximum Gasteiger partial charge on any atom is 0.243 e. The highest BCUT2D eigenvalue weighted by Crippen LogP contribution is 2.38. The fourth-order valence-corrected chi connectivity index (χ4v) is 3.41. The summed E-state index contributed by atoms with van der Waals surface area (Å²) in [5, 5.41) is 9.47. The van der Waals surface area contributed by atoms with Gasteiger partial charge in [-0.05, 0) is 31.6 Å². The van der Waals surface area contributed by atoms with Gasteiger partial charge in [-0.25, -0.2) is 0 Å². The van der Waals surface area contributed by atoms with Crippen molar-refractivity contribution in [2.24, 2.45) is 11.3 Å². The number of carbonyl (C=O) groups is 1. The largest absolute Gasteiger partial charge is 0.341 e. The Morgan fingerprint density at radius 3 is 2.67 bits per heavy atom. The highest BCUT2D eigenvalue weighted by molar-refractivity contribution is 5.85. The molecule has 0 aromatic carbocycles. The SMILES string of the molecule is CCC1CCCN(C(=O)C2(C#N)CCCCC2)C1. The summed E-state index contributed by atoms with van der Waals surface area (Å²) in [5.41, 5.74) is -0.687. The zero-order chi connectivity index (χ0) is 13.0. The van der Waals surface area contributed by atoms with Crippen molar-refractivity contribution in [3.05, 3.63) is 0 Å². The summed E-state index contributed by atoms with van der Waals surface area (Å²) in [6.45, 7) is 3.93. The van der Waals surface area contributed by atoms with E-state index in [2.05, 4.69) is 13.0 Å². The second-order valence-corrected chi connectivity index (χ2v) is 5.92. The fourth-order valence-electron chi connectivity index (χ4n) is 3.41. The number of piperidine rings is 1. The average molecular weight is 248 g/mol. The van der Waals surface area contributed by atoms with Crippen molar-refractivity contribution in [1.82, 2.24) is 4.90 Å². The molecule has 0 N–H and O–H groups in total. The maximum atomic E-state index is 12.7. The van der Waals surface area contributed by atoms with E-state index in [0.29, 0.717) is 5.92 Å². The second kappa shape index (κ2) is 5.73. The summed E-state index contributed by atoms with van der Waals surface area (Å²) in [5.74, 6) is 0.768. The van der Waals surface area contributed by atoms with Crippen LogP contribution >= 0.6 is 0 Å². The first kappa shape index (κ1) is 13.4. The summed E-state index contributed by atoms with van der Waals surface area (Å²) in [6, 6.07) is 2.36. The van der Waals surface area contributed by atoms with Crippen LogP contribution in [0.1, 0.15) is 58.3 Å². The molecule has 2 fully saturated rings. The molecule has 1 atom stereocenters. The molecule has 1 aliphatic carbocycles. The third kappa shape index (κ3) is 2.53. The van der Waals surface area contributed by atoms with Crippen molar-refractivity contribution in [2.45, 2.75) is 58.3 Å². The third-order valence-corrected chi connectivity index (χ3v) is 4.71. The van der Waals surface area contributed by atoms with Crippen LogP contribution in [-0.4, -0.2) is 23.9 Å². The number of carbonyl (C=O) groups excluding carboxylic acids is 1. The maximum absolute atomic E-state index is 12.7. The van der Waals surface area contributed by atoms with Gasteiger partial charge in [-0.15, -0.1) is 0 Å². The van der Waals surface area contributed by atoms with E-state index in [1.807, 2.05) is 4.90 Å². The molecule has 1 unspecified atom stereocenters. The minimum absolute atomic E-state index is 0.128. The molecular formula is C15H24N2O. The predicted molar refractivity (Wildman–Crippen MR) is 70.7 cm³/mol. The van der Waals surface area contributed by atoms with Crippen LogP contribution in [0.3, 0.4) is 0 Å². The van der Waals surface area contributed by atoms with Crippen LogP contribution in [0.5, 0.6) is 0 Å². The van der Waals surface area contributed by atoms with Crippen LogP contribution in [0.4, 0.5) is 0 Å². The van der Waals surface area contributed by atoms with Crippen molar-refractivity contribution >= 4 is 5.91 Å². The minimum Gasteiger partial charge on any atom is -0.341 e. The Bertz CT molecular complexity index is 339. The topological polar surface area (TPSA) is 44.1 Å². The lowest BCUT2D eigenvalue weighted by Gasteiger charge is -2.39. The van der Waals surface area contributed by atoms with Crippen molar-refractivity contribution in [3.8, 4) is 6.07 Å². The molecule has 1 amide bonds. The van der Waals surface area contributed by atoms with Gasteiger partial charge in [0.25, 0.3) is 0 Å². The van der Waals surface area contributed by atoms with E-state index in [0.717, 1.165) is 51.6 Å². The highest BCUT2D eigenvalue weighted by Gasteiger charge is 2.43. The van der Waals surface area contributed by atoms with Crippen LogP contribution in [0.25, 0.3) is 0 Å². The normalized spacial score (nSPS) is 27.6. The molecule has 3 heteroatoms. The van der Waals surface area contributed by atoms with E-state index < -0.39 is 5.41 Å². The number of rotatable bonds is 2. The molecule has 100 valence electrons. The molecule has 0 spiro atoms. The van der Waals surface area contributed by atoms with Crippen LogP contribution in [-0.2, 0) is 4.79 Å². The smallest absolute Gasteiger partial charge is 0.243 e. The van der Waals surface area contributed by atoms with Gasteiger partial charge < -0.3 is 4.90 Å². The fraction of sp³-hybridized carbons (Fsp3) is 0.867. The lowest BCUT2D eigenvalue weighted by atomic mass is 9.73. The molecule has 0 bridgehead atoms. The Morgan fingerprint density at radius 1 is 1.33 bits per heavy atom. The van der Waals surface area contributed by atoms with Gasteiger partial charge >= 0.3 is 0 Å². The molecule has 2 rings (SSSR count). The Kier molecular flexibility index (Phi) is 4.27. The molecule has 0 aromatic heterocycles. The molecule has 1 saturated carbocycles. The monoisotopic (exact) mass is 248 g/mol. The molecule has 1 saturated heterocycles. The first-order valence-electron chi connectivity index (χ1n) is 7.42. The average Bonchev–Trinajstić information content (AvgIpc) is 2.47. The zero-order valence-corrected chi connectivity index (χ0v) is 11.5. The van der Waals surface area contributed by atoms with Gasteiger partial charge in [-0.3, -0.25) is 4.79 Å². The predicted octanol–water partition coefficient (Wildman–Crippen LogP) is 3.11. The molecule has 2 aliphatic rings. The van der Waals surface area contributed by atoms with E-state index in [1.165, 1.54) is 12.8 Å². The van der Waals surface area contributed by atoms with Gasteiger partial charge in [0, 0.05) is 13.1 Å². The second-order valence-electron chi connectivity index (χ2n) is 5.92. The molecule has 18 heavy (non-hydrogen) atoms. The number of likely N-dealkylation sites (tertiary alicyclic amines) is 1. The Morgan fingerprint density at radius 2 is 2.06 bits per heavy atom. The standard InChI is InChI=1S/C15H24N2O/c1-2-13-7-6-10-17(11-13)14(18)15(12-16)8-4-3-5-9-15/h13H,2-11H2,1H3. The van der Waals surface area contributed by atoms with E-state index >= 15 is 0 Å². The number of amides is 1. The molecule has 0 radical (unpaired) electrons.